The number of rotatable bonds is 12. The second kappa shape index (κ2) is 13.9. The molecule has 0 heterocycles. The number of methoxy groups -OCH3 is 2. The number of nitrogens with one attached hydrogen (secondary N) is 2. The second-order valence-electron chi connectivity index (χ2n) is 7.99. The van der Waals surface area contributed by atoms with Crippen molar-refractivity contribution in [3.05, 3.63) is 93.5 Å². The average molecular weight is 535 g/mol. The van der Waals surface area contributed by atoms with Crippen LogP contribution in [0.4, 0.5) is 5.69 Å². The van der Waals surface area contributed by atoms with Crippen LogP contribution in [0.25, 0.3) is 0 Å². The van der Waals surface area contributed by atoms with Gasteiger partial charge in [-0.3, -0.25) is 19.7 Å². The zero-order chi connectivity index (χ0) is 28.2. The van der Waals surface area contributed by atoms with Gasteiger partial charge in [-0.25, -0.2) is 10.2 Å². The maximum absolute atomic E-state index is 12.3. The molecule has 0 unspecified atom stereocenters. The first-order valence-corrected chi connectivity index (χ1v) is 11.7. The highest BCUT2D eigenvalue weighted by Crippen LogP contribution is 2.27. The van der Waals surface area contributed by atoms with Crippen molar-refractivity contribution in [2.45, 2.75) is 12.8 Å². The Morgan fingerprint density at radius 3 is 2.46 bits per heavy atom. The Balaban J connectivity index is 1.43. The molecule has 0 saturated heterocycles. The minimum Gasteiger partial charge on any atom is -0.493 e. The zero-order valence-corrected chi connectivity index (χ0v) is 21.2. The Bertz CT molecular complexity index is 1390. The molecule has 0 saturated carbocycles. The molecule has 0 aliphatic carbocycles. The summed E-state index contributed by atoms with van der Waals surface area (Å²) >= 11 is 0. The molecule has 0 aromatic heterocycles. The van der Waals surface area contributed by atoms with Crippen LogP contribution in [-0.4, -0.2) is 49.7 Å². The predicted molar refractivity (Wildman–Crippen MR) is 141 cm³/mol. The molecule has 0 spiro atoms. The standard InChI is InChI=1S/C27H26N4O8/c1-37-23-12-11-19(16-24(23)38-2)26(33)28-13-5-10-25(32)30-29-17-18-6-3-9-22(14-18)39-27(34)20-7-4-8-21(15-20)31(35)36/h3-4,6-9,11-12,14-17H,5,10,13H2,1-2H3,(H,28,33)(H,30,32). The second-order valence-corrected chi connectivity index (χ2v) is 7.99. The fourth-order valence-electron chi connectivity index (χ4n) is 3.34. The van der Waals surface area contributed by atoms with Gasteiger partial charge < -0.3 is 19.5 Å². The van der Waals surface area contributed by atoms with Crippen LogP contribution in [-0.2, 0) is 4.79 Å². The number of nitro groups is 1. The summed E-state index contributed by atoms with van der Waals surface area (Å²) in [5, 5.41) is 17.5. The van der Waals surface area contributed by atoms with Crippen molar-refractivity contribution in [3.8, 4) is 17.2 Å². The van der Waals surface area contributed by atoms with Crippen molar-refractivity contribution >= 4 is 29.7 Å². The molecule has 202 valence electrons. The molecule has 0 atom stereocenters. The Morgan fingerprint density at radius 2 is 1.72 bits per heavy atom. The molecule has 3 aromatic rings. The van der Waals surface area contributed by atoms with Gasteiger partial charge in [0.1, 0.15) is 5.75 Å². The first-order valence-electron chi connectivity index (χ1n) is 11.7. The molecule has 39 heavy (non-hydrogen) atoms. The highest BCUT2D eigenvalue weighted by Gasteiger charge is 2.14. The van der Waals surface area contributed by atoms with Gasteiger partial charge in [0, 0.05) is 30.7 Å². The van der Waals surface area contributed by atoms with E-state index in [1.165, 1.54) is 44.7 Å². The van der Waals surface area contributed by atoms with Gasteiger partial charge in [-0.1, -0.05) is 18.2 Å². The zero-order valence-electron chi connectivity index (χ0n) is 21.2. The molecule has 3 rings (SSSR count). The number of nitro benzene ring substituents is 1. The number of hydrogen-bond donors (Lipinski definition) is 2. The van der Waals surface area contributed by atoms with Crippen LogP contribution in [0.3, 0.4) is 0 Å². The first kappa shape index (κ1) is 28.3. The summed E-state index contributed by atoms with van der Waals surface area (Å²) < 4.78 is 15.6. The smallest absolute Gasteiger partial charge is 0.343 e. The predicted octanol–water partition coefficient (Wildman–Crippen LogP) is 3.49. The lowest BCUT2D eigenvalue weighted by Gasteiger charge is -2.10. The van der Waals surface area contributed by atoms with Crippen molar-refractivity contribution in [2.75, 3.05) is 20.8 Å². The van der Waals surface area contributed by atoms with Crippen molar-refractivity contribution in [1.29, 1.82) is 0 Å². The monoisotopic (exact) mass is 534 g/mol. The minimum atomic E-state index is -0.751. The van der Waals surface area contributed by atoms with E-state index in [-0.39, 0.29) is 41.8 Å². The molecule has 0 aliphatic heterocycles. The Labute approximate surface area is 223 Å². The third-order valence-corrected chi connectivity index (χ3v) is 5.28. The quantitative estimate of drug-likeness (QED) is 0.0892. The van der Waals surface area contributed by atoms with Gasteiger partial charge in [0.25, 0.3) is 11.6 Å². The summed E-state index contributed by atoms with van der Waals surface area (Å²) in [6.45, 7) is 0.280. The molecule has 2 N–H and O–H groups in total. The van der Waals surface area contributed by atoms with E-state index in [4.69, 9.17) is 14.2 Å². The van der Waals surface area contributed by atoms with Gasteiger partial charge >= 0.3 is 5.97 Å². The number of benzene rings is 3. The van der Waals surface area contributed by atoms with E-state index in [2.05, 4.69) is 15.8 Å². The average Bonchev–Trinajstić information content (AvgIpc) is 2.95. The van der Waals surface area contributed by atoms with Gasteiger partial charge in [0.05, 0.1) is 30.9 Å². The number of hydrazone groups is 1. The van der Waals surface area contributed by atoms with Crippen molar-refractivity contribution in [3.63, 3.8) is 0 Å². The maximum atomic E-state index is 12.3. The summed E-state index contributed by atoms with van der Waals surface area (Å²) in [6.07, 6.45) is 1.90. The number of ether oxygens (including phenoxy) is 3. The van der Waals surface area contributed by atoms with Crippen molar-refractivity contribution in [2.24, 2.45) is 5.10 Å². The molecule has 12 heteroatoms. The Kier molecular flexibility index (Phi) is 10.1. The number of carbonyl (C=O) groups excluding carboxylic acids is 3. The highest BCUT2D eigenvalue weighted by molar-refractivity contribution is 5.95. The molecule has 2 amide bonds. The maximum Gasteiger partial charge on any atom is 0.343 e. The molecule has 12 nitrogen and oxygen atoms in total. The Morgan fingerprint density at radius 1 is 0.949 bits per heavy atom. The van der Waals surface area contributed by atoms with Crippen LogP contribution in [0.5, 0.6) is 17.2 Å². The van der Waals surface area contributed by atoms with E-state index in [1.807, 2.05) is 0 Å². The number of nitrogens with zero attached hydrogens (tertiary/aromatic N) is 2. The van der Waals surface area contributed by atoms with Crippen molar-refractivity contribution in [1.82, 2.24) is 10.7 Å². The largest absolute Gasteiger partial charge is 0.493 e. The van der Waals surface area contributed by atoms with Crippen LogP contribution in [0.1, 0.15) is 39.1 Å². The van der Waals surface area contributed by atoms with E-state index in [1.54, 1.807) is 36.4 Å². The lowest BCUT2D eigenvalue weighted by Crippen LogP contribution is -2.26. The summed E-state index contributed by atoms with van der Waals surface area (Å²) in [6, 6.07) is 16.4. The van der Waals surface area contributed by atoms with Gasteiger partial charge in [-0.15, -0.1) is 0 Å². The number of carbonyl (C=O) groups is 3. The minimum absolute atomic E-state index is 0.0375. The lowest BCUT2D eigenvalue weighted by molar-refractivity contribution is -0.384. The molecule has 3 aromatic carbocycles. The van der Waals surface area contributed by atoms with Crippen LogP contribution in [0.15, 0.2) is 71.8 Å². The molecule has 0 radical (unpaired) electrons. The van der Waals surface area contributed by atoms with E-state index in [9.17, 15) is 24.5 Å². The topological polar surface area (TPSA) is 158 Å². The summed E-state index contributed by atoms with van der Waals surface area (Å²) in [4.78, 5) is 47.0. The van der Waals surface area contributed by atoms with Gasteiger partial charge in [0.15, 0.2) is 11.5 Å². The molecular formula is C27H26N4O8. The summed E-state index contributed by atoms with van der Waals surface area (Å²) in [5.41, 5.74) is 3.16. The fourth-order valence-corrected chi connectivity index (χ4v) is 3.34. The van der Waals surface area contributed by atoms with Gasteiger partial charge in [-0.05, 0) is 48.4 Å². The summed E-state index contributed by atoms with van der Waals surface area (Å²) in [5.74, 6) is -0.250. The normalized spacial score (nSPS) is 10.5. The molecular weight excluding hydrogens is 508 g/mol. The van der Waals surface area contributed by atoms with Crippen LogP contribution < -0.4 is 25.0 Å². The highest BCUT2D eigenvalue weighted by atomic mass is 16.6. The summed E-state index contributed by atoms with van der Waals surface area (Å²) in [7, 11) is 2.99. The van der Waals surface area contributed by atoms with Crippen LogP contribution in [0.2, 0.25) is 0 Å². The number of hydrogen-bond acceptors (Lipinski definition) is 9. The van der Waals surface area contributed by atoms with E-state index in [0.717, 1.165) is 6.07 Å². The van der Waals surface area contributed by atoms with Crippen LogP contribution in [0, 0.1) is 10.1 Å². The van der Waals surface area contributed by atoms with Gasteiger partial charge in [0.2, 0.25) is 5.91 Å². The van der Waals surface area contributed by atoms with Crippen LogP contribution >= 0.6 is 0 Å². The lowest BCUT2D eigenvalue weighted by atomic mass is 10.2. The fraction of sp³-hybridized carbons (Fsp3) is 0.185. The first-order chi connectivity index (χ1) is 18.8. The number of esters is 1. The van der Waals surface area contributed by atoms with Gasteiger partial charge in [-0.2, -0.15) is 5.10 Å². The van der Waals surface area contributed by atoms with Crippen molar-refractivity contribution < 1.29 is 33.5 Å². The third kappa shape index (κ3) is 8.39. The Hall–Kier alpha value is -5.26. The van der Waals surface area contributed by atoms with E-state index >= 15 is 0 Å². The molecule has 0 aliphatic rings. The number of amides is 2. The third-order valence-electron chi connectivity index (χ3n) is 5.28. The van der Waals surface area contributed by atoms with E-state index in [0.29, 0.717) is 29.0 Å². The van der Waals surface area contributed by atoms with E-state index < -0.39 is 10.9 Å². The SMILES string of the molecule is COc1ccc(C(=O)NCCCC(=O)NN=Cc2cccc(OC(=O)c3cccc([N+](=O)[O-])c3)c2)cc1OC. The number of non-ortho nitro benzene ring substituents is 1. The molecule has 0 fully saturated rings. The molecule has 0 bridgehead atoms.